The maximum absolute atomic E-state index is 12.5. The van der Waals surface area contributed by atoms with Crippen LogP contribution in [0.4, 0.5) is 5.69 Å². The molecule has 0 aliphatic carbocycles. The van der Waals surface area contributed by atoms with Gasteiger partial charge in [-0.05, 0) is 30.2 Å². The number of nitro benzene ring substituents is 1. The fourth-order valence-corrected chi connectivity index (χ4v) is 4.02. The third kappa shape index (κ3) is 2.49. The fourth-order valence-electron chi connectivity index (χ4n) is 2.48. The largest absolute Gasteiger partial charge is 0.269 e. The lowest BCUT2D eigenvalue weighted by atomic mass is 10.1. The first-order chi connectivity index (χ1) is 10.4. The Bertz CT molecular complexity index is 831. The van der Waals surface area contributed by atoms with Crippen molar-refractivity contribution >= 4 is 15.7 Å². The third-order valence-corrected chi connectivity index (χ3v) is 5.66. The van der Waals surface area contributed by atoms with Crippen LogP contribution in [0.3, 0.4) is 0 Å². The Balaban J connectivity index is 1.86. The van der Waals surface area contributed by atoms with Gasteiger partial charge in [-0.1, -0.05) is 24.3 Å². The molecule has 0 aromatic heterocycles. The molecule has 114 valence electrons. The zero-order valence-electron chi connectivity index (χ0n) is 11.8. The van der Waals surface area contributed by atoms with Crippen molar-refractivity contribution in [1.29, 1.82) is 0 Å². The molecular weight excluding hydrogens is 304 g/mol. The Labute approximate surface area is 128 Å². The first kappa shape index (κ1) is 14.7. The quantitative estimate of drug-likeness (QED) is 0.493. The summed E-state index contributed by atoms with van der Waals surface area (Å²) in [6, 6.07) is 12.5. The van der Waals surface area contributed by atoms with Crippen molar-refractivity contribution in [2.45, 2.75) is 17.9 Å². The molecule has 0 N–H and O–H groups in total. The molecule has 2 aromatic rings. The predicted molar refractivity (Wildman–Crippen MR) is 80.9 cm³/mol. The summed E-state index contributed by atoms with van der Waals surface area (Å²) in [5, 5.41) is 10.6. The van der Waals surface area contributed by atoms with Crippen LogP contribution in [-0.2, 0) is 10.0 Å². The van der Waals surface area contributed by atoms with Gasteiger partial charge < -0.3 is 0 Å². The van der Waals surface area contributed by atoms with Crippen molar-refractivity contribution < 1.29 is 13.3 Å². The minimum absolute atomic E-state index is 0.0779. The molecule has 0 saturated carbocycles. The summed E-state index contributed by atoms with van der Waals surface area (Å²) in [6.45, 7) is 2.38. The topological polar surface area (TPSA) is 80.3 Å². The van der Waals surface area contributed by atoms with Gasteiger partial charge in [-0.3, -0.25) is 10.1 Å². The molecule has 1 unspecified atom stereocenters. The van der Waals surface area contributed by atoms with E-state index in [2.05, 4.69) is 0 Å². The second-order valence-electron chi connectivity index (χ2n) is 5.20. The molecule has 0 amide bonds. The van der Waals surface area contributed by atoms with E-state index in [0.29, 0.717) is 6.54 Å². The molecule has 6 nitrogen and oxygen atoms in total. The van der Waals surface area contributed by atoms with Crippen molar-refractivity contribution in [1.82, 2.24) is 4.31 Å². The van der Waals surface area contributed by atoms with Crippen LogP contribution >= 0.6 is 0 Å². The number of rotatable bonds is 4. The Morgan fingerprint density at radius 2 is 1.77 bits per heavy atom. The lowest BCUT2D eigenvalue weighted by molar-refractivity contribution is -0.384. The van der Waals surface area contributed by atoms with E-state index in [0.717, 1.165) is 11.1 Å². The molecule has 1 aliphatic rings. The van der Waals surface area contributed by atoms with Gasteiger partial charge in [0.2, 0.25) is 10.0 Å². The SMILES string of the molecule is Cc1ccccc1[C@H]1CN1S(=O)(=O)c1ccc([N+](=O)[O-])cc1. The average Bonchev–Trinajstić information content (AvgIpc) is 3.29. The van der Waals surface area contributed by atoms with Crippen LogP contribution in [0.5, 0.6) is 0 Å². The van der Waals surface area contributed by atoms with Gasteiger partial charge in [-0.2, -0.15) is 4.31 Å². The number of hydrogen-bond acceptors (Lipinski definition) is 4. The summed E-state index contributed by atoms with van der Waals surface area (Å²) in [5.74, 6) is 0. The highest BCUT2D eigenvalue weighted by atomic mass is 32.2. The standard InChI is InChI=1S/C15H14N2O4S/c1-11-4-2-3-5-14(11)15-10-16(15)22(20,21)13-8-6-12(7-9-13)17(18)19/h2-9,15H,10H2,1H3/t15-,16?/m1/s1. The van der Waals surface area contributed by atoms with E-state index in [-0.39, 0.29) is 16.6 Å². The second-order valence-corrected chi connectivity index (χ2v) is 7.09. The van der Waals surface area contributed by atoms with Gasteiger partial charge in [0.1, 0.15) is 0 Å². The monoisotopic (exact) mass is 318 g/mol. The van der Waals surface area contributed by atoms with Crippen LogP contribution in [0.25, 0.3) is 0 Å². The van der Waals surface area contributed by atoms with Gasteiger partial charge in [0.05, 0.1) is 15.9 Å². The number of nitro groups is 1. The Morgan fingerprint density at radius 1 is 1.14 bits per heavy atom. The Kier molecular flexibility index (Phi) is 3.46. The van der Waals surface area contributed by atoms with Crippen molar-refractivity contribution in [2.75, 3.05) is 6.54 Å². The first-order valence-corrected chi connectivity index (χ1v) is 8.17. The van der Waals surface area contributed by atoms with Gasteiger partial charge in [0.25, 0.3) is 5.69 Å². The summed E-state index contributed by atoms with van der Waals surface area (Å²) in [7, 11) is -3.61. The number of benzene rings is 2. The lowest BCUT2D eigenvalue weighted by Crippen LogP contribution is -2.13. The van der Waals surface area contributed by atoms with Crippen molar-refractivity contribution in [3.05, 3.63) is 69.8 Å². The van der Waals surface area contributed by atoms with Gasteiger partial charge in [-0.15, -0.1) is 0 Å². The molecule has 0 radical (unpaired) electrons. The number of aryl methyl sites for hydroxylation is 1. The molecule has 1 fully saturated rings. The highest BCUT2D eigenvalue weighted by Gasteiger charge is 2.46. The molecule has 1 aliphatic heterocycles. The smallest absolute Gasteiger partial charge is 0.258 e. The predicted octanol–water partition coefficient (Wildman–Crippen LogP) is 2.65. The minimum Gasteiger partial charge on any atom is -0.258 e. The zero-order valence-corrected chi connectivity index (χ0v) is 12.7. The number of sulfonamides is 1. The van der Waals surface area contributed by atoms with Crippen LogP contribution < -0.4 is 0 Å². The van der Waals surface area contributed by atoms with Crippen molar-refractivity contribution in [3.63, 3.8) is 0 Å². The number of nitrogens with zero attached hydrogens (tertiary/aromatic N) is 2. The summed E-state index contributed by atoms with van der Waals surface area (Å²) < 4.78 is 26.5. The molecule has 0 bridgehead atoms. The minimum atomic E-state index is -3.61. The first-order valence-electron chi connectivity index (χ1n) is 6.73. The van der Waals surface area contributed by atoms with E-state index >= 15 is 0 Å². The normalized spacial score (nSPS) is 20.6. The van der Waals surface area contributed by atoms with Crippen LogP contribution in [0, 0.1) is 17.0 Å². The summed E-state index contributed by atoms with van der Waals surface area (Å²) in [6.07, 6.45) is 0. The molecule has 2 atom stereocenters. The summed E-state index contributed by atoms with van der Waals surface area (Å²) >= 11 is 0. The zero-order chi connectivity index (χ0) is 15.9. The molecule has 1 saturated heterocycles. The maximum Gasteiger partial charge on any atom is 0.269 e. The van der Waals surface area contributed by atoms with Crippen molar-refractivity contribution in [2.24, 2.45) is 0 Å². The molecular formula is C15H14N2O4S. The second kappa shape index (κ2) is 5.19. The van der Waals surface area contributed by atoms with E-state index in [4.69, 9.17) is 0 Å². The van der Waals surface area contributed by atoms with E-state index in [1.807, 2.05) is 31.2 Å². The summed E-state index contributed by atoms with van der Waals surface area (Å²) in [4.78, 5) is 10.2. The van der Waals surface area contributed by atoms with E-state index in [9.17, 15) is 18.5 Å². The summed E-state index contributed by atoms with van der Waals surface area (Å²) in [5.41, 5.74) is 1.92. The fraction of sp³-hybridized carbons (Fsp3) is 0.200. The Hall–Kier alpha value is -2.25. The average molecular weight is 318 g/mol. The van der Waals surface area contributed by atoms with Gasteiger partial charge in [-0.25, -0.2) is 8.42 Å². The molecule has 7 heteroatoms. The van der Waals surface area contributed by atoms with Crippen molar-refractivity contribution in [3.8, 4) is 0 Å². The van der Waals surface area contributed by atoms with E-state index in [1.165, 1.54) is 28.6 Å². The van der Waals surface area contributed by atoms with Crippen LogP contribution in [0.1, 0.15) is 17.2 Å². The Morgan fingerprint density at radius 3 is 2.36 bits per heavy atom. The molecule has 2 aromatic carbocycles. The molecule has 1 heterocycles. The van der Waals surface area contributed by atoms with Gasteiger partial charge in [0, 0.05) is 18.7 Å². The lowest BCUT2D eigenvalue weighted by Gasteiger charge is -2.08. The van der Waals surface area contributed by atoms with E-state index in [1.54, 1.807) is 0 Å². The number of hydrogen-bond donors (Lipinski definition) is 0. The van der Waals surface area contributed by atoms with E-state index < -0.39 is 14.9 Å². The highest BCUT2D eigenvalue weighted by Crippen LogP contribution is 2.41. The van der Waals surface area contributed by atoms with Crippen LogP contribution in [-0.4, -0.2) is 24.2 Å². The highest BCUT2D eigenvalue weighted by molar-refractivity contribution is 7.89. The molecule has 3 rings (SSSR count). The maximum atomic E-state index is 12.5. The molecule has 22 heavy (non-hydrogen) atoms. The van der Waals surface area contributed by atoms with Gasteiger partial charge in [0.15, 0.2) is 0 Å². The third-order valence-electron chi connectivity index (χ3n) is 3.77. The number of non-ortho nitro benzene ring substituents is 1. The van der Waals surface area contributed by atoms with Crippen LogP contribution in [0.15, 0.2) is 53.4 Å². The van der Waals surface area contributed by atoms with Crippen LogP contribution in [0.2, 0.25) is 0 Å². The van der Waals surface area contributed by atoms with Gasteiger partial charge >= 0.3 is 0 Å². The molecule has 0 spiro atoms.